The van der Waals surface area contributed by atoms with E-state index in [0.717, 1.165) is 16.2 Å². The number of hydrogen-bond acceptors (Lipinski definition) is 5. The highest BCUT2D eigenvalue weighted by Gasteiger charge is 2.18. The van der Waals surface area contributed by atoms with Gasteiger partial charge in [0.25, 0.3) is 0 Å². The summed E-state index contributed by atoms with van der Waals surface area (Å²) in [6, 6.07) is 12.0. The summed E-state index contributed by atoms with van der Waals surface area (Å²) >= 11 is 3.05. The lowest BCUT2D eigenvalue weighted by Crippen LogP contribution is -2.13. The van der Waals surface area contributed by atoms with Crippen LogP contribution in [0.25, 0.3) is 11.3 Å². The molecule has 1 heterocycles. The molecule has 2 rings (SSSR count). The van der Waals surface area contributed by atoms with Crippen molar-refractivity contribution in [3.8, 4) is 11.3 Å². The van der Waals surface area contributed by atoms with Crippen molar-refractivity contribution in [2.24, 2.45) is 5.73 Å². The van der Waals surface area contributed by atoms with Gasteiger partial charge >= 0.3 is 0 Å². The molecule has 0 aliphatic heterocycles. The van der Waals surface area contributed by atoms with Crippen LogP contribution in [0.2, 0.25) is 0 Å². The van der Waals surface area contributed by atoms with Gasteiger partial charge in [0.15, 0.2) is 0 Å². The zero-order chi connectivity index (χ0) is 16.2. The number of nitrogens with two attached hydrogens (primary N) is 1. The fourth-order valence-corrected chi connectivity index (χ4v) is 3.53. The van der Waals surface area contributed by atoms with Crippen LogP contribution in [0, 0.1) is 0 Å². The van der Waals surface area contributed by atoms with E-state index in [-0.39, 0.29) is 16.4 Å². The highest BCUT2D eigenvalue weighted by molar-refractivity contribution is 8.01. The molecule has 0 saturated carbocycles. The number of benzene rings is 1. The van der Waals surface area contributed by atoms with Gasteiger partial charge in [0.05, 0.1) is 5.75 Å². The summed E-state index contributed by atoms with van der Waals surface area (Å²) in [6.07, 6.45) is 0. The summed E-state index contributed by atoms with van der Waals surface area (Å²) in [5.41, 5.74) is 7.09. The maximum Gasteiger partial charge on any atom is 0.227 e. The molecule has 0 bridgehead atoms. The van der Waals surface area contributed by atoms with E-state index in [1.54, 1.807) is 11.8 Å². The Balaban J connectivity index is 2.38. The van der Waals surface area contributed by atoms with Gasteiger partial charge in [0.1, 0.15) is 10.7 Å². The Morgan fingerprint density at radius 1 is 1.18 bits per heavy atom. The molecular formula is C16H19N3OS2. The number of amides is 1. The van der Waals surface area contributed by atoms with E-state index in [1.165, 1.54) is 11.8 Å². The van der Waals surface area contributed by atoms with Crippen LogP contribution >= 0.6 is 23.5 Å². The van der Waals surface area contributed by atoms with Gasteiger partial charge in [-0.2, -0.15) is 0 Å². The first-order chi connectivity index (χ1) is 10.3. The van der Waals surface area contributed by atoms with Gasteiger partial charge in [-0.3, -0.25) is 4.79 Å². The van der Waals surface area contributed by atoms with Crippen molar-refractivity contribution in [2.75, 3.05) is 5.75 Å². The monoisotopic (exact) mass is 333 g/mol. The smallest absolute Gasteiger partial charge is 0.227 e. The third kappa shape index (κ3) is 5.03. The zero-order valence-corrected chi connectivity index (χ0v) is 14.5. The van der Waals surface area contributed by atoms with Crippen LogP contribution < -0.4 is 5.73 Å². The zero-order valence-electron chi connectivity index (χ0n) is 12.9. The van der Waals surface area contributed by atoms with Crippen LogP contribution in [-0.2, 0) is 4.79 Å². The minimum Gasteiger partial charge on any atom is -0.369 e. The second kappa shape index (κ2) is 7.15. The minimum absolute atomic E-state index is 0.0538. The fourth-order valence-electron chi connectivity index (χ4n) is 1.78. The van der Waals surface area contributed by atoms with E-state index < -0.39 is 0 Å². The van der Waals surface area contributed by atoms with E-state index >= 15 is 0 Å². The van der Waals surface area contributed by atoms with Crippen molar-refractivity contribution in [3.63, 3.8) is 0 Å². The minimum atomic E-state index is -0.357. The third-order valence-corrected chi connectivity index (χ3v) is 4.63. The number of thioether (sulfide) groups is 2. The van der Waals surface area contributed by atoms with Crippen LogP contribution in [0.15, 0.2) is 46.3 Å². The maximum absolute atomic E-state index is 10.9. The fraction of sp³-hybridized carbons (Fsp3) is 0.312. The average Bonchev–Trinajstić information content (AvgIpc) is 2.44. The van der Waals surface area contributed by atoms with Crippen molar-refractivity contribution in [2.45, 2.75) is 35.4 Å². The van der Waals surface area contributed by atoms with Crippen molar-refractivity contribution in [3.05, 3.63) is 36.4 Å². The molecule has 22 heavy (non-hydrogen) atoms. The molecule has 6 heteroatoms. The first-order valence-corrected chi connectivity index (χ1v) is 8.68. The summed E-state index contributed by atoms with van der Waals surface area (Å²) in [6.45, 7) is 6.47. The second-order valence-corrected chi connectivity index (χ2v) is 8.60. The van der Waals surface area contributed by atoms with Crippen LogP contribution in [0.3, 0.4) is 0 Å². The van der Waals surface area contributed by atoms with E-state index in [2.05, 4.69) is 31.0 Å². The standard InChI is InChI=1S/C16H19N3OS2/c1-16(2,3)22-12-9-14(21-10-13(17)20)18-19-15(12)11-7-5-4-6-8-11/h4-9H,10H2,1-3H3,(H2,17,20). The first kappa shape index (κ1) is 16.8. The summed E-state index contributed by atoms with van der Waals surface area (Å²) in [5.74, 6) is -0.150. The Morgan fingerprint density at radius 2 is 1.86 bits per heavy atom. The molecule has 1 amide bonds. The van der Waals surface area contributed by atoms with Crippen LogP contribution in [0.1, 0.15) is 20.8 Å². The topological polar surface area (TPSA) is 68.9 Å². The van der Waals surface area contributed by atoms with Crippen molar-refractivity contribution >= 4 is 29.4 Å². The second-order valence-electron chi connectivity index (χ2n) is 5.73. The average molecular weight is 333 g/mol. The van der Waals surface area contributed by atoms with Crippen LogP contribution in [0.4, 0.5) is 0 Å². The summed E-state index contributed by atoms with van der Waals surface area (Å²) < 4.78 is 0.0538. The van der Waals surface area contributed by atoms with Gasteiger partial charge in [0, 0.05) is 15.2 Å². The molecule has 0 aliphatic rings. The highest BCUT2D eigenvalue weighted by atomic mass is 32.2. The van der Waals surface area contributed by atoms with Gasteiger partial charge in [-0.15, -0.1) is 22.0 Å². The molecule has 0 atom stereocenters. The normalized spacial score (nSPS) is 11.4. The van der Waals surface area contributed by atoms with Gasteiger partial charge in [-0.05, 0) is 6.07 Å². The molecule has 2 N–H and O–H groups in total. The van der Waals surface area contributed by atoms with E-state index in [0.29, 0.717) is 5.03 Å². The largest absolute Gasteiger partial charge is 0.369 e. The Kier molecular flexibility index (Phi) is 5.47. The number of aromatic nitrogens is 2. The molecule has 4 nitrogen and oxygen atoms in total. The van der Waals surface area contributed by atoms with Gasteiger partial charge in [-0.25, -0.2) is 0 Å². The van der Waals surface area contributed by atoms with Gasteiger partial charge in [-0.1, -0.05) is 62.9 Å². The lowest BCUT2D eigenvalue weighted by Gasteiger charge is -2.19. The first-order valence-electron chi connectivity index (χ1n) is 6.88. The van der Waals surface area contributed by atoms with E-state index in [4.69, 9.17) is 5.73 Å². The number of rotatable bonds is 5. The predicted octanol–water partition coefficient (Wildman–Crippen LogP) is 3.61. The Morgan fingerprint density at radius 3 is 2.45 bits per heavy atom. The molecule has 2 aromatic rings. The molecule has 0 saturated heterocycles. The van der Waals surface area contributed by atoms with Gasteiger partial charge in [0.2, 0.25) is 5.91 Å². The van der Waals surface area contributed by atoms with E-state index in [9.17, 15) is 4.79 Å². The number of hydrogen-bond donors (Lipinski definition) is 1. The molecular weight excluding hydrogens is 314 g/mol. The van der Waals surface area contributed by atoms with Crippen molar-refractivity contribution in [1.82, 2.24) is 10.2 Å². The third-order valence-electron chi connectivity index (χ3n) is 2.56. The molecule has 0 unspecified atom stereocenters. The molecule has 1 aromatic carbocycles. The number of nitrogens with zero attached hydrogens (tertiary/aromatic N) is 2. The Bertz CT molecular complexity index is 654. The Labute approximate surface area is 139 Å². The SMILES string of the molecule is CC(C)(C)Sc1cc(SCC(N)=O)nnc1-c1ccccc1. The summed E-state index contributed by atoms with van der Waals surface area (Å²) in [4.78, 5) is 12.0. The quantitative estimate of drug-likeness (QED) is 0.847. The van der Waals surface area contributed by atoms with Crippen LogP contribution in [-0.4, -0.2) is 26.6 Å². The lowest BCUT2D eigenvalue weighted by atomic mass is 10.1. The molecule has 0 spiro atoms. The molecule has 0 aliphatic carbocycles. The summed E-state index contributed by atoms with van der Waals surface area (Å²) in [5, 5.41) is 9.29. The highest BCUT2D eigenvalue weighted by Crippen LogP contribution is 2.38. The molecule has 116 valence electrons. The molecule has 0 radical (unpaired) electrons. The van der Waals surface area contributed by atoms with Crippen LogP contribution in [0.5, 0.6) is 0 Å². The van der Waals surface area contributed by atoms with E-state index in [1.807, 2.05) is 36.4 Å². The maximum atomic E-state index is 10.9. The molecule has 1 aromatic heterocycles. The lowest BCUT2D eigenvalue weighted by molar-refractivity contribution is -0.115. The number of carbonyl (C=O) groups is 1. The number of carbonyl (C=O) groups excluding carboxylic acids is 1. The number of primary amides is 1. The van der Waals surface area contributed by atoms with Crippen molar-refractivity contribution < 1.29 is 4.79 Å². The molecule has 0 fully saturated rings. The predicted molar refractivity (Wildman–Crippen MR) is 93.0 cm³/mol. The van der Waals surface area contributed by atoms with Gasteiger partial charge < -0.3 is 5.73 Å². The summed E-state index contributed by atoms with van der Waals surface area (Å²) in [7, 11) is 0. The Hall–Kier alpha value is -1.53. The van der Waals surface area contributed by atoms with Crippen molar-refractivity contribution in [1.29, 1.82) is 0 Å².